The number of ether oxygens (including phenoxy) is 1. The van der Waals surface area contributed by atoms with E-state index in [1.807, 2.05) is 37.3 Å². The summed E-state index contributed by atoms with van der Waals surface area (Å²) in [4.78, 5) is 20.9. The summed E-state index contributed by atoms with van der Waals surface area (Å²) in [7, 11) is 0. The van der Waals surface area contributed by atoms with Crippen LogP contribution in [0.2, 0.25) is 0 Å². The average molecular weight is 543 g/mol. The molecule has 0 bridgehead atoms. The minimum Gasteiger partial charge on any atom is -0.450 e. The van der Waals surface area contributed by atoms with Crippen LogP contribution in [-0.2, 0) is 11.3 Å². The van der Waals surface area contributed by atoms with Crippen molar-refractivity contribution in [2.45, 2.75) is 46.7 Å². The monoisotopic (exact) mass is 543 g/mol. The number of rotatable bonds is 10. The number of carbonyl (C=O) groups is 1. The topological polar surface area (TPSA) is 101 Å². The van der Waals surface area contributed by atoms with Gasteiger partial charge in [0.2, 0.25) is 5.89 Å². The van der Waals surface area contributed by atoms with Gasteiger partial charge in [-0.1, -0.05) is 32.0 Å². The highest BCUT2D eigenvalue weighted by molar-refractivity contribution is 14.0. The van der Waals surface area contributed by atoms with Crippen molar-refractivity contribution < 1.29 is 13.9 Å². The Morgan fingerprint density at radius 2 is 1.94 bits per heavy atom. The molecule has 2 rings (SSSR count). The SMILES string of the molecule is CCNC(=NCc1coc(-c2ccccc2)n1)NCC(CC(C)C)NC(=O)OCC.I. The van der Waals surface area contributed by atoms with E-state index in [1.54, 1.807) is 13.2 Å². The minimum atomic E-state index is -0.400. The summed E-state index contributed by atoms with van der Waals surface area (Å²) in [6.07, 6.45) is 2.05. The van der Waals surface area contributed by atoms with Gasteiger partial charge in [-0.05, 0) is 38.3 Å². The van der Waals surface area contributed by atoms with Crippen molar-refractivity contribution in [2.24, 2.45) is 10.9 Å². The van der Waals surface area contributed by atoms with Gasteiger partial charge in [0.05, 0.1) is 13.2 Å². The van der Waals surface area contributed by atoms with Crippen LogP contribution in [0.25, 0.3) is 11.5 Å². The standard InChI is InChI=1S/C22H33N5O3.HI/c1-5-23-21(24-13-18(12-16(3)4)27-22(28)29-6-2)25-14-19-15-30-20(26-19)17-10-8-7-9-11-17;/h7-11,15-16,18H,5-6,12-14H2,1-4H3,(H,27,28)(H2,23,24,25);1H. The molecule has 0 saturated heterocycles. The molecule has 9 heteroatoms. The van der Waals surface area contributed by atoms with Crippen molar-refractivity contribution in [3.8, 4) is 11.5 Å². The van der Waals surface area contributed by atoms with Crippen LogP contribution in [0.4, 0.5) is 4.79 Å². The Morgan fingerprint density at radius 1 is 1.19 bits per heavy atom. The zero-order valence-corrected chi connectivity index (χ0v) is 21.0. The number of carbonyl (C=O) groups excluding carboxylic acids is 1. The maximum absolute atomic E-state index is 11.8. The minimum absolute atomic E-state index is 0. The summed E-state index contributed by atoms with van der Waals surface area (Å²) < 4.78 is 10.6. The number of aromatic nitrogens is 1. The molecule has 0 aliphatic rings. The molecule has 1 unspecified atom stereocenters. The predicted molar refractivity (Wildman–Crippen MR) is 134 cm³/mol. The second kappa shape index (κ2) is 14.7. The Balaban J connectivity index is 0.00000480. The molecule has 1 aromatic heterocycles. The van der Waals surface area contributed by atoms with E-state index in [9.17, 15) is 4.79 Å². The van der Waals surface area contributed by atoms with Crippen molar-refractivity contribution in [3.63, 3.8) is 0 Å². The third kappa shape index (κ3) is 10.0. The van der Waals surface area contributed by atoms with E-state index in [4.69, 9.17) is 9.15 Å². The largest absolute Gasteiger partial charge is 0.450 e. The summed E-state index contributed by atoms with van der Waals surface area (Å²) in [6.45, 7) is 10.0. The number of oxazole rings is 1. The van der Waals surface area contributed by atoms with E-state index < -0.39 is 6.09 Å². The van der Waals surface area contributed by atoms with Crippen LogP contribution >= 0.6 is 24.0 Å². The number of aliphatic imine (C=N–C) groups is 1. The second-order valence-electron chi connectivity index (χ2n) is 7.28. The first-order valence-electron chi connectivity index (χ1n) is 10.5. The lowest BCUT2D eigenvalue weighted by Crippen LogP contribution is -2.47. The lowest BCUT2D eigenvalue weighted by atomic mass is 10.0. The number of nitrogens with zero attached hydrogens (tertiary/aromatic N) is 2. The highest BCUT2D eigenvalue weighted by Gasteiger charge is 2.15. The van der Waals surface area contributed by atoms with Gasteiger partial charge in [-0.3, -0.25) is 0 Å². The number of amides is 1. The van der Waals surface area contributed by atoms with E-state index in [0.29, 0.717) is 37.5 Å². The van der Waals surface area contributed by atoms with Gasteiger partial charge in [0.25, 0.3) is 0 Å². The summed E-state index contributed by atoms with van der Waals surface area (Å²) in [5, 5.41) is 9.42. The van der Waals surface area contributed by atoms with Crippen LogP contribution in [0.15, 0.2) is 46.0 Å². The van der Waals surface area contributed by atoms with Gasteiger partial charge in [0, 0.05) is 24.7 Å². The molecule has 172 valence electrons. The molecule has 0 fully saturated rings. The van der Waals surface area contributed by atoms with Gasteiger partial charge in [0.15, 0.2) is 5.96 Å². The maximum atomic E-state index is 11.8. The fourth-order valence-electron chi connectivity index (χ4n) is 2.92. The molecule has 0 spiro atoms. The molecule has 0 saturated carbocycles. The van der Waals surface area contributed by atoms with Crippen LogP contribution in [0, 0.1) is 5.92 Å². The average Bonchev–Trinajstić information content (AvgIpc) is 3.19. The quantitative estimate of drug-likeness (QED) is 0.236. The Hall–Kier alpha value is -2.30. The fourth-order valence-corrected chi connectivity index (χ4v) is 2.92. The maximum Gasteiger partial charge on any atom is 0.407 e. The van der Waals surface area contributed by atoms with E-state index in [1.165, 1.54) is 0 Å². The molecule has 1 heterocycles. The van der Waals surface area contributed by atoms with Crippen molar-refractivity contribution in [1.29, 1.82) is 0 Å². The van der Waals surface area contributed by atoms with E-state index >= 15 is 0 Å². The van der Waals surface area contributed by atoms with Crippen LogP contribution in [0.3, 0.4) is 0 Å². The highest BCUT2D eigenvalue weighted by Crippen LogP contribution is 2.18. The molecular formula is C22H34IN5O3. The summed E-state index contributed by atoms with van der Waals surface area (Å²) in [5.41, 5.74) is 1.67. The lowest BCUT2D eigenvalue weighted by Gasteiger charge is -2.22. The molecule has 0 aliphatic heterocycles. The van der Waals surface area contributed by atoms with Gasteiger partial charge >= 0.3 is 6.09 Å². The smallest absolute Gasteiger partial charge is 0.407 e. The Morgan fingerprint density at radius 3 is 2.58 bits per heavy atom. The molecule has 3 N–H and O–H groups in total. The third-order valence-corrected chi connectivity index (χ3v) is 4.19. The van der Waals surface area contributed by atoms with Crippen LogP contribution in [0.5, 0.6) is 0 Å². The summed E-state index contributed by atoms with van der Waals surface area (Å²) in [6, 6.07) is 9.69. The molecule has 0 aliphatic carbocycles. The Labute approximate surface area is 201 Å². The molecule has 0 radical (unpaired) electrons. The van der Waals surface area contributed by atoms with E-state index in [2.05, 4.69) is 39.8 Å². The number of hydrogen-bond donors (Lipinski definition) is 3. The number of nitrogens with one attached hydrogen (secondary N) is 3. The van der Waals surface area contributed by atoms with Gasteiger partial charge < -0.3 is 25.1 Å². The molecule has 1 atom stereocenters. The molecule has 2 aromatic rings. The van der Waals surface area contributed by atoms with E-state index in [0.717, 1.165) is 24.2 Å². The Kier molecular flexibility index (Phi) is 12.6. The van der Waals surface area contributed by atoms with Crippen molar-refractivity contribution in [1.82, 2.24) is 20.9 Å². The normalized spacial score (nSPS) is 12.1. The number of guanidine groups is 1. The second-order valence-corrected chi connectivity index (χ2v) is 7.28. The first-order chi connectivity index (χ1) is 14.5. The molecule has 1 amide bonds. The molecule has 1 aromatic carbocycles. The fraction of sp³-hybridized carbons (Fsp3) is 0.500. The van der Waals surface area contributed by atoms with Crippen molar-refractivity contribution >= 4 is 36.0 Å². The van der Waals surface area contributed by atoms with Crippen molar-refractivity contribution in [2.75, 3.05) is 19.7 Å². The van der Waals surface area contributed by atoms with Gasteiger partial charge in [-0.2, -0.15) is 0 Å². The number of halogens is 1. The summed E-state index contributed by atoms with van der Waals surface area (Å²) in [5.74, 6) is 1.67. The summed E-state index contributed by atoms with van der Waals surface area (Å²) >= 11 is 0. The van der Waals surface area contributed by atoms with Gasteiger partial charge in [-0.25, -0.2) is 14.8 Å². The molecule has 31 heavy (non-hydrogen) atoms. The molecular weight excluding hydrogens is 509 g/mol. The first-order valence-corrected chi connectivity index (χ1v) is 10.5. The number of hydrogen-bond acceptors (Lipinski definition) is 5. The Bertz CT molecular complexity index is 795. The van der Waals surface area contributed by atoms with Crippen molar-refractivity contribution in [3.05, 3.63) is 42.3 Å². The zero-order chi connectivity index (χ0) is 21.8. The molecule has 8 nitrogen and oxygen atoms in total. The number of alkyl carbamates (subject to hydrolysis) is 1. The highest BCUT2D eigenvalue weighted by atomic mass is 127. The van der Waals surface area contributed by atoms with Crippen LogP contribution in [-0.4, -0.2) is 42.8 Å². The lowest BCUT2D eigenvalue weighted by molar-refractivity contribution is 0.146. The van der Waals surface area contributed by atoms with Gasteiger partial charge in [-0.15, -0.1) is 24.0 Å². The number of benzene rings is 1. The first kappa shape index (κ1) is 26.7. The zero-order valence-electron chi connectivity index (χ0n) is 18.7. The third-order valence-electron chi connectivity index (χ3n) is 4.19. The predicted octanol–water partition coefficient (Wildman–Crippen LogP) is 4.18. The van der Waals surface area contributed by atoms with Gasteiger partial charge in [0.1, 0.15) is 12.0 Å². The van der Waals surface area contributed by atoms with Crippen LogP contribution < -0.4 is 16.0 Å². The van der Waals surface area contributed by atoms with Crippen LogP contribution in [0.1, 0.15) is 39.8 Å². The van der Waals surface area contributed by atoms with E-state index in [-0.39, 0.29) is 30.0 Å².